The van der Waals surface area contributed by atoms with E-state index in [9.17, 15) is 12.8 Å². The molecule has 0 aliphatic carbocycles. The number of nitrogens with zero attached hydrogens (tertiary/aromatic N) is 1. The lowest BCUT2D eigenvalue weighted by Gasteiger charge is -2.20. The highest BCUT2D eigenvalue weighted by molar-refractivity contribution is 7.99. The third-order valence-corrected chi connectivity index (χ3v) is 6.41. The van der Waals surface area contributed by atoms with Gasteiger partial charge in [0.25, 0.3) is 0 Å². The van der Waals surface area contributed by atoms with E-state index in [4.69, 9.17) is 0 Å². The van der Waals surface area contributed by atoms with Crippen LogP contribution in [0.1, 0.15) is 17.5 Å². The van der Waals surface area contributed by atoms with Crippen molar-refractivity contribution in [2.75, 3.05) is 31.6 Å². The van der Waals surface area contributed by atoms with Crippen molar-refractivity contribution in [1.29, 1.82) is 0 Å². The highest BCUT2D eigenvalue weighted by atomic mass is 32.2. The number of nitrogens with one attached hydrogen (secondary N) is 1. The number of benzene rings is 1. The number of hydrogen-bond donors (Lipinski definition) is 1. The van der Waals surface area contributed by atoms with Crippen molar-refractivity contribution in [3.8, 4) is 0 Å². The van der Waals surface area contributed by atoms with Crippen LogP contribution in [-0.4, -0.2) is 44.4 Å². The molecule has 1 saturated heterocycles. The minimum atomic E-state index is -3.54. The second kappa shape index (κ2) is 7.09. The van der Waals surface area contributed by atoms with Crippen molar-refractivity contribution < 1.29 is 12.8 Å². The molecule has 118 valence electrons. The number of sulfonamides is 1. The Bertz CT molecular complexity index is 597. The summed E-state index contributed by atoms with van der Waals surface area (Å²) in [4.78, 5) is 0.193. The highest BCUT2D eigenvalue weighted by Gasteiger charge is 2.26. The molecule has 0 bridgehead atoms. The fraction of sp³-hybridized carbons (Fsp3) is 0.571. The number of halogens is 1. The van der Waals surface area contributed by atoms with Gasteiger partial charge < -0.3 is 5.32 Å². The van der Waals surface area contributed by atoms with Gasteiger partial charge in [0, 0.05) is 31.0 Å². The third-order valence-electron chi connectivity index (χ3n) is 3.49. The lowest BCUT2D eigenvalue weighted by molar-refractivity contribution is 0.434. The average Bonchev–Trinajstić information content (AvgIpc) is 2.73. The van der Waals surface area contributed by atoms with Gasteiger partial charge in [0.1, 0.15) is 5.82 Å². The molecule has 1 N–H and O–H groups in total. The van der Waals surface area contributed by atoms with Gasteiger partial charge in [-0.05, 0) is 43.8 Å². The van der Waals surface area contributed by atoms with Gasteiger partial charge in [0.2, 0.25) is 10.0 Å². The van der Waals surface area contributed by atoms with Crippen molar-refractivity contribution >= 4 is 21.8 Å². The topological polar surface area (TPSA) is 49.4 Å². The summed E-state index contributed by atoms with van der Waals surface area (Å²) in [6, 6.07) is 2.88. The van der Waals surface area contributed by atoms with E-state index in [0.29, 0.717) is 30.8 Å². The molecule has 1 aliphatic rings. The standard InChI is InChI=1S/C14H21FN2O2S2/c1-11-8-13(9-12(10-16-2)14(11)15)21(18,19)17-4-3-6-20-7-5-17/h8-9,16H,3-7,10H2,1-2H3. The molecule has 0 atom stereocenters. The first-order valence-corrected chi connectivity index (χ1v) is 9.58. The van der Waals surface area contributed by atoms with Crippen LogP contribution in [0.2, 0.25) is 0 Å². The quantitative estimate of drug-likeness (QED) is 0.916. The molecule has 1 fully saturated rings. The maximum Gasteiger partial charge on any atom is 0.243 e. The molecule has 1 aromatic carbocycles. The van der Waals surface area contributed by atoms with Gasteiger partial charge in [-0.25, -0.2) is 12.8 Å². The van der Waals surface area contributed by atoms with E-state index in [1.807, 2.05) is 0 Å². The van der Waals surface area contributed by atoms with Crippen LogP contribution >= 0.6 is 11.8 Å². The third kappa shape index (κ3) is 3.77. The predicted octanol–water partition coefficient (Wildman–Crippen LogP) is 1.98. The molecule has 0 unspecified atom stereocenters. The van der Waals surface area contributed by atoms with Crippen LogP contribution in [0.4, 0.5) is 4.39 Å². The van der Waals surface area contributed by atoms with E-state index in [2.05, 4.69) is 5.32 Å². The molecular weight excluding hydrogens is 311 g/mol. The summed E-state index contributed by atoms with van der Waals surface area (Å²) in [6.07, 6.45) is 0.855. The number of aryl methyl sites for hydroxylation is 1. The molecule has 0 saturated carbocycles. The minimum Gasteiger partial charge on any atom is -0.316 e. The summed E-state index contributed by atoms with van der Waals surface area (Å²) < 4.78 is 41.0. The van der Waals surface area contributed by atoms with E-state index in [1.165, 1.54) is 16.4 Å². The zero-order chi connectivity index (χ0) is 15.5. The van der Waals surface area contributed by atoms with Crippen LogP contribution in [0.15, 0.2) is 17.0 Å². The van der Waals surface area contributed by atoms with E-state index >= 15 is 0 Å². The predicted molar refractivity (Wildman–Crippen MR) is 84.6 cm³/mol. The Labute approximate surface area is 130 Å². The molecule has 0 amide bonds. The summed E-state index contributed by atoms with van der Waals surface area (Å²) in [6.45, 7) is 2.97. The fourth-order valence-electron chi connectivity index (χ4n) is 2.39. The first-order valence-electron chi connectivity index (χ1n) is 6.98. The van der Waals surface area contributed by atoms with Gasteiger partial charge in [0.05, 0.1) is 4.90 Å². The molecule has 0 spiro atoms. The van der Waals surface area contributed by atoms with E-state index < -0.39 is 10.0 Å². The monoisotopic (exact) mass is 332 g/mol. The van der Waals surface area contributed by atoms with Crippen LogP contribution in [0.5, 0.6) is 0 Å². The second-order valence-electron chi connectivity index (χ2n) is 5.11. The fourth-order valence-corrected chi connectivity index (χ4v) is 5.01. The molecule has 2 rings (SSSR count). The normalized spacial score (nSPS) is 17.7. The largest absolute Gasteiger partial charge is 0.316 e. The maximum absolute atomic E-state index is 14.0. The first kappa shape index (κ1) is 16.7. The Morgan fingerprint density at radius 3 is 2.81 bits per heavy atom. The van der Waals surface area contributed by atoms with Crippen molar-refractivity contribution in [3.05, 3.63) is 29.1 Å². The first-order chi connectivity index (χ1) is 9.96. The van der Waals surface area contributed by atoms with E-state index in [0.717, 1.165) is 17.9 Å². The number of hydrogen-bond acceptors (Lipinski definition) is 4. The van der Waals surface area contributed by atoms with Gasteiger partial charge in [-0.1, -0.05) is 0 Å². The van der Waals surface area contributed by atoms with Gasteiger partial charge in [-0.15, -0.1) is 0 Å². The van der Waals surface area contributed by atoms with Crippen LogP contribution in [-0.2, 0) is 16.6 Å². The second-order valence-corrected chi connectivity index (χ2v) is 8.28. The Morgan fingerprint density at radius 2 is 2.10 bits per heavy atom. The van der Waals surface area contributed by atoms with Gasteiger partial charge >= 0.3 is 0 Å². The summed E-state index contributed by atoms with van der Waals surface area (Å²) in [5.74, 6) is 1.46. The van der Waals surface area contributed by atoms with Crippen molar-refractivity contribution in [2.45, 2.75) is 24.8 Å². The zero-order valence-corrected chi connectivity index (χ0v) is 14.0. The van der Waals surface area contributed by atoms with Gasteiger partial charge in [0.15, 0.2) is 0 Å². The molecule has 7 heteroatoms. The molecule has 21 heavy (non-hydrogen) atoms. The van der Waals surface area contributed by atoms with Crippen molar-refractivity contribution in [1.82, 2.24) is 9.62 Å². The lowest BCUT2D eigenvalue weighted by Crippen LogP contribution is -2.33. The number of rotatable bonds is 4. The van der Waals surface area contributed by atoms with E-state index in [-0.39, 0.29) is 10.7 Å². The van der Waals surface area contributed by atoms with Crippen LogP contribution in [0.25, 0.3) is 0 Å². The smallest absolute Gasteiger partial charge is 0.243 e. The van der Waals surface area contributed by atoms with Crippen molar-refractivity contribution in [2.24, 2.45) is 0 Å². The molecule has 4 nitrogen and oxygen atoms in total. The Kier molecular flexibility index (Phi) is 5.65. The average molecular weight is 332 g/mol. The number of thioether (sulfide) groups is 1. The molecular formula is C14H21FN2O2S2. The lowest BCUT2D eigenvalue weighted by atomic mass is 10.1. The summed E-state index contributed by atoms with van der Waals surface area (Å²) in [5, 5.41) is 2.87. The molecule has 1 aliphatic heterocycles. The van der Waals surface area contributed by atoms with Gasteiger partial charge in [-0.2, -0.15) is 16.1 Å². The van der Waals surface area contributed by atoms with Crippen LogP contribution in [0.3, 0.4) is 0 Å². The summed E-state index contributed by atoms with van der Waals surface area (Å²) in [7, 11) is -1.83. The molecule has 0 radical (unpaired) electrons. The van der Waals surface area contributed by atoms with Crippen LogP contribution < -0.4 is 5.32 Å². The summed E-state index contributed by atoms with van der Waals surface area (Å²) >= 11 is 1.77. The molecule has 1 aromatic rings. The maximum atomic E-state index is 14.0. The van der Waals surface area contributed by atoms with Crippen LogP contribution in [0, 0.1) is 12.7 Å². The Hall–Kier alpha value is -0.630. The van der Waals surface area contributed by atoms with Crippen molar-refractivity contribution in [3.63, 3.8) is 0 Å². The minimum absolute atomic E-state index is 0.193. The zero-order valence-electron chi connectivity index (χ0n) is 12.4. The molecule has 0 aromatic heterocycles. The van der Waals surface area contributed by atoms with Gasteiger partial charge in [-0.3, -0.25) is 0 Å². The Balaban J connectivity index is 2.39. The molecule has 1 heterocycles. The highest BCUT2D eigenvalue weighted by Crippen LogP contribution is 2.24. The Morgan fingerprint density at radius 1 is 1.33 bits per heavy atom. The van der Waals surface area contributed by atoms with E-state index in [1.54, 1.807) is 25.7 Å². The SMILES string of the molecule is CNCc1cc(S(=O)(=O)N2CCCSCC2)cc(C)c1F. The summed E-state index contributed by atoms with van der Waals surface area (Å²) in [5.41, 5.74) is 0.755.